The Bertz CT molecular complexity index is 1100. The van der Waals surface area contributed by atoms with Gasteiger partial charge in [-0.15, -0.1) is 0 Å². The summed E-state index contributed by atoms with van der Waals surface area (Å²) < 4.78 is 23.9. The Labute approximate surface area is 204 Å². The van der Waals surface area contributed by atoms with E-state index in [9.17, 15) is 9.18 Å². The van der Waals surface area contributed by atoms with Gasteiger partial charge in [-0.25, -0.2) is 14.2 Å². The zero-order chi connectivity index (χ0) is 24.8. The number of benzene rings is 1. The molecule has 2 aromatic rings. The lowest BCUT2D eigenvalue weighted by Gasteiger charge is -2.31. The molecule has 186 valence electrons. The van der Waals surface area contributed by atoms with E-state index >= 15 is 0 Å². The maximum atomic E-state index is 12.8. The van der Waals surface area contributed by atoms with Crippen molar-refractivity contribution in [3.8, 4) is 5.75 Å². The smallest absolute Gasteiger partial charge is 0.412 e. The SMILES string of the molecule is C/N=C\N1/C(=C/C(C)Nc2nccc(NC(=O)OCCC(C)F)n2)COc2cc(C3CC3)ccc21. The zero-order valence-corrected chi connectivity index (χ0v) is 20.2. The Morgan fingerprint density at radius 1 is 1.37 bits per heavy atom. The molecule has 35 heavy (non-hydrogen) atoms. The number of aliphatic imine (C=N–C) groups is 1. The van der Waals surface area contributed by atoms with Gasteiger partial charge in [0.1, 0.15) is 24.3 Å². The highest BCUT2D eigenvalue weighted by Crippen LogP contribution is 2.44. The quantitative estimate of drug-likeness (QED) is 0.388. The molecule has 0 bridgehead atoms. The Balaban J connectivity index is 1.41. The lowest BCUT2D eigenvalue weighted by atomic mass is 10.1. The van der Waals surface area contributed by atoms with Gasteiger partial charge in [-0.05, 0) is 62.4 Å². The Kier molecular flexibility index (Phi) is 7.79. The van der Waals surface area contributed by atoms with Crippen molar-refractivity contribution in [1.29, 1.82) is 0 Å². The van der Waals surface area contributed by atoms with Gasteiger partial charge in [0.05, 0.1) is 24.3 Å². The molecule has 1 fully saturated rings. The number of hydrogen-bond acceptors (Lipinski definition) is 7. The van der Waals surface area contributed by atoms with E-state index in [1.807, 2.05) is 17.9 Å². The number of nitrogens with one attached hydrogen (secondary N) is 2. The van der Waals surface area contributed by atoms with Crippen LogP contribution in [0.4, 0.5) is 26.6 Å². The van der Waals surface area contributed by atoms with E-state index in [1.165, 1.54) is 31.5 Å². The summed E-state index contributed by atoms with van der Waals surface area (Å²) in [4.78, 5) is 26.7. The molecule has 2 unspecified atom stereocenters. The van der Waals surface area contributed by atoms with Crippen LogP contribution in [-0.2, 0) is 4.74 Å². The number of aromatic nitrogens is 2. The highest BCUT2D eigenvalue weighted by molar-refractivity contribution is 5.87. The number of carbonyl (C=O) groups excluding carboxylic acids is 1. The Hall–Kier alpha value is -3.69. The second-order valence-electron chi connectivity index (χ2n) is 8.72. The van der Waals surface area contributed by atoms with Crippen molar-refractivity contribution in [2.24, 2.45) is 4.99 Å². The van der Waals surface area contributed by atoms with Gasteiger partial charge < -0.3 is 14.8 Å². The van der Waals surface area contributed by atoms with E-state index in [0.29, 0.717) is 18.5 Å². The zero-order valence-electron chi connectivity index (χ0n) is 20.2. The number of alkyl halides is 1. The number of anilines is 3. The van der Waals surface area contributed by atoms with E-state index in [0.717, 1.165) is 17.1 Å². The van der Waals surface area contributed by atoms with Gasteiger partial charge in [0.25, 0.3) is 0 Å². The van der Waals surface area contributed by atoms with Crippen molar-refractivity contribution in [3.05, 3.63) is 47.8 Å². The topological polar surface area (TPSA) is 101 Å². The highest BCUT2D eigenvalue weighted by Gasteiger charge is 2.27. The van der Waals surface area contributed by atoms with Gasteiger partial charge in [-0.2, -0.15) is 4.98 Å². The summed E-state index contributed by atoms with van der Waals surface area (Å²) in [5.74, 6) is 2.14. The molecule has 1 aromatic heterocycles. The van der Waals surface area contributed by atoms with Gasteiger partial charge in [-0.1, -0.05) is 6.07 Å². The molecule has 1 aliphatic heterocycles. The second-order valence-corrected chi connectivity index (χ2v) is 8.72. The average Bonchev–Trinajstić information content (AvgIpc) is 3.66. The third kappa shape index (κ3) is 6.68. The molecule has 1 aromatic carbocycles. The first kappa shape index (κ1) is 24.4. The molecule has 9 nitrogen and oxygen atoms in total. The summed E-state index contributed by atoms with van der Waals surface area (Å²) in [6.45, 7) is 3.78. The molecule has 0 spiro atoms. The van der Waals surface area contributed by atoms with Crippen molar-refractivity contribution in [2.45, 2.75) is 51.2 Å². The summed E-state index contributed by atoms with van der Waals surface area (Å²) in [6.07, 6.45) is 6.24. The van der Waals surface area contributed by atoms with E-state index < -0.39 is 12.3 Å². The van der Waals surface area contributed by atoms with Crippen LogP contribution in [0, 0.1) is 0 Å². The minimum Gasteiger partial charge on any atom is -0.485 e. The summed E-state index contributed by atoms with van der Waals surface area (Å²) in [5, 5.41) is 5.74. The molecule has 10 heteroatoms. The first-order valence-corrected chi connectivity index (χ1v) is 11.8. The fourth-order valence-electron chi connectivity index (χ4n) is 3.76. The largest absolute Gasteiger partial charge is 0.485 e. The van der Waals surface area contributed by atoms with Gasteiger partial charge in [0, 0.05) is 25.7 Å². The van der Waals surface area contributed by atoms with Crippen LogP contribution in [0.5, 0.6) is 5.75 Å². The van der Waals surface area contributed by atoms with Gasteiger partial charge in [-0.3, -0.25) is 15.2 Å². The minimum atomic E-state index is -1.03. The van der Waals surface area contributed by atoms with E-state index in [1.54, 1.807) is 19.5 Å². The van der Waals surface area contributed by atoms with Crippen molar-refractivity contribution < 1.29 is 18.7 Å². The predicted molar refractivity (Wildman–Crippen MR) is 134 cm³/mol. The van der Waals surface area contributed by atoms with Crippen LogP contribution in [0.2, 0.25) is 0 Å². The van der Waals surface area contributed by atoms with E-state index in [4.69, 9.17) is 9.47 Å². The fourth-order valence-corrected chi connectivity index (χ4v) is 3.76. The van der Waals surface area contributed by atoms with Crippen LogP contribution in [-0.4, -0.2) is 54.9 Å². The van der Waals surface area contributed by atoms with Crippen LogP contribution in [0.1, 0.15) is 44.6 Å². The monoisotopic (exact) mass is 482 g/mol. The summed E-state index contributed by atoms with van der Waals surface area (Å²) in [7, 11) is 1.74. The van der Waals surface area contributed by atoms with Crippen molar-refractivity contribution in [2.75, 3.05) is 35.8 Å². The molecular weight excluding hydrogens is 451 g/mol. The number of hydrogen-bond donors (Lipinski definition) is 2. The molecule has 0 saturated heterocycles. The molecule has 2 N–H and O–H groups in total. The number of halogens is 1. The molecular formula is C25H31FN6O3. The summed E-state index contributed by atoms with van der Waals surface area (Å²) in [6, 6.07) is 7.78. The molecule has 1 aliphatic carbocycles. The number of ether oxygens (including phenoxy) is 2. The van der Waals surface area contributed by atoms with Crippen LogP contribution in [0.15, 0.2) is 47.2 Å². The van der Waals surface area contributed by atoms with Gasteiger partial charge >= 0.3 is 6.09 Å². The molecule has 2 atom stereocenters. The number of rotatable bonds is 9. The third-order valence-corrected chi connectivity index (χ3v) is 5.64. The molecule has 4 rings (SSSR count). The standard InChI is InChI=1S/C25H31FN6O3/c1-16(26)9-11-34-25(33)31-23-8-10-28-24(30-23)29-17(2)12-20-14-35-22-13-19(18-4-5-18)6-7-21(22)32(20)15-27-3/h6-8,10,12-13,15-18H,4-5,9,11,14H2,1-3H3,(H2,28,29,30,31,33)/b20-12+,27-15-. The Morgan fingerprint density at radius 2 is 2.20 bits per heavy atom. The van der Waals surface area contributed by atoms with Crippen molar-refractivity contribution in [3.63, 3.8) is 0 Å². The molecule has 2 aliphatic rings. The average molecular weight is 483 g/mol. The van der Waals surface area contributed by atoms with Crippen molar-refractivity contribution >= 4 is 29.9 Å². The molecule has 1 saturated carbocycles. The summed E-state index contributed by atoms with van der Waals surface area (Å²) in [5.41, 5.74) is 3.21. The Morgan fingerprint density at radius 3 is 2.94 bits per heavy atom. The lowest BCUT2D eigenvalue weighted by molar-refractivity contribution is 0.149. The maximum Gasteiger partial charge on any atom is 0.412 e. The van der Waals surface area contributed by atoms with Crippen LogP contribution < -0.4 is 20.3 Å². The van der Waals surface area contributed by atoms with E-state index in [-0.39, 0.29) is 24.9 Å². The van der Waals surface area contributed by atoms with Crippen LogP contribution >= 0.6 is 0 Å². The first-order chi connectivity index (χ1) is 16.9. The number of carbonyl (C=O) groups is 1. The molecule has 0 radical (unpaired) electrons. The fraction of sp³-hybridized carbons (Fsp3) is 0.440. The number of nitrogens with zero attached hydrogens (tertiary/aromatic N) is 4. The number of fused-ring (bicyclic) bond motifs is 1. The summed E-state index contributed by atoms with van der Waals surface area (Å²) >= 11 is 0. The van der Waals surface area contributed by atoms with Crippen LogP contribution in [0.3, 0.4) is 0 Å². The second kappa shape index (κ2) is 11.2. The minimum absolute atomic E-state index is 0.00501. The van der Waals surface area contributed by atoms with E-state index in [2.05, 4.69) is 43.8 Å². The maximum absolute atomic E-state index is 12.8. The van der Waals surface area contributed by atoms with Gasteiger partial charge in [0.15, 0.2) is 0 Å². The lowest BCUT2D eigenvalue weighted by Crippen LogP contribution is -2.31. The highest BCUT2D eigenvalue weighted by atomic mass is 19.1. The van der Waals surface area contributed by atoms with Crippen LogP contribution in [0.25, 0.3) is 0 Å². The van der Waals surface area contributed by atoms with Crippen molar-refractivity contribution in [1.82, 2.24) is 9.97 Å². The first-order valence-electron chi connectivity index (χ1n) is 11.8. The normalized spacial score (nSPS) is 18.1. The predicted octanol–water partition coefficient (Wildman–Crippen LogP) is 4.89. The molecule has 1 amide bonds. The number of amides is 1. The third-order valence-electron chi connectivity index (χ3n) is 5.64. The van der Waals surface area contributed by atoms with Gasteiger partial charge in [0.2, 0.25) is 5.95 Å². The molecule has 2 heterocycles.